The van der Waals surface area contributed by atoms with E-state index in [9.17, 15) is 4.79 Å². The minimum atomic E-state index is -0.0335. The Labute approximate surface area is 125 Å². The summed E-state index contributed by atoms with van der Waals surface area (Å²) < 4.78 is 0. The second kappa shape index (κ2) is 7.18. The molecule has 2 atom stereocenters. The largest absolute Gasteiger partial charge is 0.319 e. The molecular formula is C15H25N3OS. The first-order valence-electron chi connectivity index (χ1n) is 7.58. The molecule has 0 spiro atoms. The van der Waals surface area contributed by atoms with E-state index in [4.69, 9.17) is 0 Å². The highest BCUT2D eigenvalue weighted by atomic mass is 32.1. The van der Waals surface area contributed by atoms with Gasteiger partial charge in [-0.1, -0.05) is 26.7 Å². The van der Waals surface area contributed by atoms with Crippen molar-refractivity contribution in [2.75, 3.05) is 18.9 Å². The summed E-state index contributed by atoms with van der Waals surface area (Å²) in [6.07, 6.45) is 6.01. The van der Waals surface area contributed by atoms with E-state index in [1.54, 1.807) is 11.3 Å². The molecule has 0 fully saturated rings. The first-order chi connectivity index (χ1) is 9.63. The summed E-state index contributed by atoms with van der Waals surface area (Å²) in [5.74, 6) is 0.823. The average molecular weight is 295 g/mol. The zero-order chi connectivity index (χ0) is 14.5. The third-order valence-electron chi connectivity index (χ3n) is 3.93. The number of hydrogen-bond acceptors (Lipinski definition) is 4. The molecule has 1 heterocycles. The van der Waals surface area contributed by atoms with Crippen LogP contribution in [-0.4, -0.2) is 24.5 Å². The highest BCUT2D eigenvalue weighted by Crippen LogP contribution is 2.34. The molecule has 1 aliphatic rings. The number of fused-ring (bicyclic) bond motifs is 1. The smallest absolute Gasteiger partial charge is 0.230 e. The number of aryl methyl sites for hydroxylation is 1. The van der Waals surface area contributed by atoms with E-state index in [2.05, 4.69) is 22.5 Å². The van der Waals surface area contributed by atoms with Gasteiger partial charge in [-0.15, -0.1) is 11.3 Å². The molecule has 1 aromatic heterocycles. The Morgan fingerprint density at radius 1 is 1.55 bits per heavy atom. The molecule has 2 N–H and O–H groups in total. The first-order valence-corrected chi connectivity index (χ1v) is 8.39. The Morgan fingerprint density at radius 3 is 3.05 bits per heavy atom. The van der Waals surface area contributed by atoms with Gasteiger partial charge in [0.2, 0.25) is 5.91 Å². The van der Waals surface area contributed by atoms with Crippen LogP contribution in [-0.2, 0) is 17.6 Å². The summed E-state index contributed by atoms with van der Waals surface area (Å²) in [6.45, 7) is 4.86. The van der Waals surface area contributed by atoms with E-state index in [0.717, 1.165) is 23.9 Å². The van der Waals surface area contributed by atoms with Gasteiger partial charge in [-0.2, -0.15) is 0 Å². The van der Waals surface area contributed by atoms with E-state index in [0.29, 0.717) is 6.54 Å². The van der Waals surface area contributed by atoms with Gasteiger partial charge in [0.25, 0.3) is 0 Å². The molecule has 2 unspecified atom stereocenters. The molecule has 0 saturated carbocycles. The molecule has 4 nitrogen and oxygen atoms in total. The molecule has 0 aliphatic heterocycles. The number of thiazole rings is 1. The molecule has 20 heavy (non-hydrogen) atoms. The molecular weight excluding hydrogens is 270 g/mol. The number of rotatable bonds is 6. The minimum Gasteiger partial charge on any atom is -0.319 e. The average Bonchev–Trinajstić information content (AvgIpc) is 2.80. The maximum absolute atomic E-state index is 12.0. The molecule has 1 amide bonds. The molecule has 1 aliphatic carbocycles. The van der Waals surface area contributed by atoms with Crippen LogP contribution in [0.25, 0.3) is 0 Å². The Morgan fingerprint density at radius 2 is 2.35 bits per heavy atom. The number of carbonyl (C=O) groups is 1. The number of hydrogen-bond donors (Lipinski definition) is 2. The molecule has 112 valence electrons. The number of anilines is 1. The molecule has 0 bridgehead atoms. The van der Waals surface area contributed by atoms with Crippen molar-refractivity contribution in [3.8, 4) is 0 Å². The van der Waals surface area contributed by atoms with E-state index >= 15 is 0 Å². The van der Waals surface area contributed by atoms with Gasteiger partial charge in [0.1, 0.15) is 0 Å². The Kier molecular flexibility index (Phi) is 5.54. The normalized spacial score (nSPS) is 19.4. The number of carbonyl (C=O) groups excluding carboxylic acids is 1. The molecule has 0 aromatic carbocycles. The second-order valence-electron chi connectivity index (χ2n) is 5.73. The molecule has 5 heteroatoms. The van der Waals surface area contributed by atoms with Gasteiger partial charge in [-0.05, 0) is 32.2 Å². The van der Waals surface area contributed by atoms with Gasteiger partial charge in [-0.25, -0.2) is 4.98 Å². The third-order valence-corrected chi connectivity index (χ3v) is 4.96. The lowest BCUT2D eigenvalue weighted by molar-refractivity contribution is -0.119. The van der Waals surface area contributed by atoms with Crippen molar-refractivity contribution in [1.29, 1.82) is 0 Å². The highest BCUT2D eigenvalue weighted by molar-refractivity contribution is 7.15. The SMILES string of the molecule is CCCC1CCc2nc(NC(=O)C(C)CNC)sc2C1. The number of aromatic nitrogens is 1. The van der Waals surface area contributed by atoms with Crippen molar-refractivity contribution in [3.63, 3.8) is 0 Å². The van der Waals surface area contributed by atoms with Gasteiger partial charge in [0.15, 0.2) is 5.13 Å². The fourth-order valence-electron chi connectivity index (χ4n) is 2.78. The lowest BCUT2D eigenvalue weighted by Crippen LogP contribution is -2.28. The minimum absolute atomic E-state index is 0.0335. The van der Waals surface area contributed by atoms with Crippen LogP contribution >= 0.6 is 11.3 Å². The number of nitrogens with zero attached hydrogens (tertiary/aromatic N) is 1. The highest BCUT2D eigenvalue weighted by Gasteiger charge is 2.23. The van der Waals surface area contributed by atoms with Crippen LogP contribution < -0.4 is 10.6 Å². The zero-order valence-corrected chi connectivity index (χ0v) is 13.5. The summed E-state index contributed by atoms with van der Waals surface area (Å²) in [4.78, 5) is 18.0. The van der Waals surface area contributed by atoms with Crippen LogP contribution in [0.15, 0.2) is 0 Å². The van der Waals surface area contributed by atoms with Crippen molar-refractivity contribution in [2.24, 2.45) is 11.8 Å². The second-order valence-corrected chi connectivity index (χ2v) is 6.82. The van der Waals surface area contributed by atoms with Crippen molar-refractivity contribution >= 4 is 22.4 Å². The van der Waals surface area contributed by atoms with Crippen molar-refractivity contribution in [3.05, 3.63) is 10.6 Å². The fraction of sp³-hybridized carbons (Fsp3) is 0.733. The first kappa shape index (κ1) is 15.4. The monoisotopic (exact) mass is 295 g/mol. The lowest BCUT2D eigenvalue weighted by atomic mass is 9.88. The fourth-order valence-corrected chi connectivity index (χ4v) is 3.90. The van der Waals surface area contributed by atoms with Crippen LogP contribution in [0.4, 0.5) is 5.13 Å². The predicted molar refractivity (Wildman–Crippen MR) is 84.3 cm³/mol. The maximum Gasteiger partial charge on any atom is 0.230 e. The number of nitrogens with one attached hydrogen (secondary N) is 2. The molecule has 0 radical (unpaired) electrons. The summed E-state index contributed by atoms with van der Waals surface area (Å²) in [6, 6.07) is 0. The van der Waals surface area contributed by atoms with Crippen LogP contribution in [0, 0.1) is 11.8 Å². The summed E-state index contributed by atoms with van der Waals surface area (Å²) >= 11 is 1.67. The predicted octanol–water partition coefficient (Wildman–Crippen LogP) is 2.84. The van der Waals surface area contributed by atoms with Crippen molar-refractivity contribution in [1.82, 2.24) is 10.3 Å². The summed E-state index contributed by atoms with van der Waals surface area (Å²) in [5.41, 5.74) is 1.21. The van der Waals surface area contributed by atoms with Crippen LogP contribution in [0.1, 0.15) is 43.7 Å². The standard InChI is InChI=1S/C15H25N3OS/c1-4-5-11-6-7-12-13(8-11)20-15(17-12)18-14(19)10(2)9-16-3/h10-11,16H,4-9H2,1-3H3,(H,17,18,19). The van der Waals surface area contributed by atoms with Crippen molar-refractivity contribution < 1.29 is 4.79 Å². The Hall–Kier alpha value is -0.940. The summed E-state index contributed by atoms with van der Waals surface area (Å²) in [7, 11) is 1.86. The van der Waals surface area contributed by atoms with Gasteiger partial charge in [0, 0.05) is 17.3 Å². The Bertz CT molecular complexity index is 458. The van der Waals surface area contributed by atoms with E-state index in [1.165, 1.54) is 29.8 Å². The number of amides is 1. The zero-order valence-electron chi connectivity index (χ0n) is 12.7. The van der Waals surface area contributed by atoms with Gasteiger partial charge in [-0.3, -0.25) is 4.79 Å². The lowest BCUT2D eigenvalue weighted by Gasteiger charge is -2.19. The van der Waals surface area contributed by atoms with Gasteiger partial charge < -0.3 is 10.6 Å². The van der Waals surface area contributed by atoms with Crippen LogP contribution in [0.2, 0.25) is 0 Å². The molecule has 0 saturated heterocycles. The summed E-state index contributed by atoms with van der Waals surface area (Å²) in [5, 5.41) is 6.76. The molecule has 2 rings (SSSR count). The van der Waals surface area contributed by atoms with Crippen LogP contribution in [0.5, 0.6) is 0 Å². The van der Waals surface area contributed by atoms with Gasteiger partial charge >= 0.3 is 0 Å². The van der Waals surface area contributed by atoms with E-state index in [1.807, 2.05) is 14.0 Å². The molecule has 1 aromatic rings. The van der Waals surface area contributed by atoms with Crippen LogP contribution in [0.3, 0.4) is 0 Å². The van der Waals surface area contributed by atoms with E-state index < -0.39 is 0 Å². The topological polar surface area (TPSA) is 54.0 Å². The Balaban J connectivity index is 1.97. The van der Waals surface area contributed by atoms with Gasteiger partial charge in [0.05, 0.1) is 5.69 Å². The van der Waals surface area contributed by atoms with Crippen molar-refractivity contribution in [2.45, 2.75) is 46.0 Å². The third kappa shape index (κ3) is 3.79. The van der Waals surface area contributed by atoms with E-state index in [-0.39, 0.29) is 11.8 Å². The maximum atomic E-state index is 12.0. The quantitative estimate of drug-likeness (QED) is 0.848.